The lowest BCUT2D eigenvalue weighted by Crippen LogP contribution is -2.21. The van der Waals surface area contributed by atoms with Crippen LogP contribution in [0.2, 0.25) is 0 Å². The Kier molecular flexibility index (Phi) is 2.76. The van der Waals surface area contributed by atoms with Gasteiger partial charge in [0.2, 0.25) is 10.0 Å². The Balaban J connectivity index is 2.55. The SMILES string of the molecule is Cc1nnc(CNS(C)(=O)=O)s1. The van der Waals surface area contributed by atoms with Crippen molar-refractivity contribution in [3.05, 3.63) is 10.0 Å². The van der Waals surface area contributed by atoms with Crippen LogP contribution in [0.3, 0.4) is 0 Å². The third-order valence-corrected chi connectivity index (χ3v) is 2.56. The van der Waals surface area contributed by atoms with E-state index in [1.807, 2.05) is 6.92 Å². The molecule has 0 bridgehead atoms. The lowest BCUT2D eigenvalue weighted by molar-refractivity contribution is 0.587. The van der Waals surface area contributed by atoms with Gasteiger partial charge in [0.05, 0.1) is 12.8 Å². The number of aryl methyl sites for hydroxylation is 1. The number of aromatic nitrogens is 2. The van der Waals surface area contributed by atoms with E-state index in [1.165, 1.54) is 11.3 Å². The molecule has 5 nitrogen and oxygen atoms in total. The summed E-state index contributed by atoms with van der Waals surface area (Å²) >= 11 is 1.38. The van der Waals surface area contributed by atoms with Gasteiger partial charge < -0.3 is 0 Å². The lowest BCUT2D eigenvalue weighted by Gasteiger charge is -1.95. The highest BCUT2D eigenvalue weighted by Crippen LogP contribution is 2.06. The van der Waals surface area contributed by atoms with Gasteiger partial charge in [0.15, 0.2) is 0 Å². The first-order valence-corrected chi connectivity index (χ1v) is 5.92. The van der Waals surface area contributed by atoms with Crippen LogP contribution in [-0.2, 0) is 16.6 Å². The van der Waals surface area contributed by atoms with Gasteiger partial charge >= 0.3 is 0 Å². The van der Waals surface area contributed by atoms with Crippen LogP contribution >= 0.6 is 11.3 Å². The van der Waals surface area contributed by atoms with Crippen LogP contribution in [0.25, 0.3) is 0 Å². The normalized spacial score (nSPS) is 11.8. The summed E-state index contributed by atoms with van der Waals surface area (Å²) < 4.78 is 23.6. The monoisotopic (exact) mass is 207 g/mol. The van der Waals surface area contributed by atoms with E-state index in [0.29, 0.717) is 5.01 Å². The molecule has 1 rings (SSSR count). The van der Waals surface area contributed by atoms with Gasteiger partial charge in [-0.3, -0.25) is 0 Å². The average molecular weight is 207 g/mol. The van der Waals surface area contributed by atoms with Gasteiger partial charge in [-0.2, -0.15) is 0 Å². The maximum Gasteiger partial charge on any atom is 0.209 e. The standard InChI is InChI=1S/C5H9N3O2S2/c1-4-7-8-5(11-4)3-6-12(2,9)10/h6H,3H2,1-2H3. The first-order valence-electron chi connectivity index (χ1n) is 3.21. The zero-order valence-corrected chi connectivity index (χ0v) is 8.37. The molecule has 1 N–H and O–H groups in total. The maximum absolute atomic E-state index is 10.7. The Labute approximate surface area is 74.9 Å². The van der Waals surface area contributed by atoms with E-state index in [-0.39, 0.29) is 6.54 Å². The zero-order valence-electron chi connectivity index (χ0n) is 6.73. The predicted molar refractivity (Wildman–Crippen MR) is 46.3 cm³/mol. The van der Waals surface area contributed by atoms with Crippen molar-refractivity contribution in [2.24, 2.45) is 0 Å². The molecule has 1 aromatic rings. The fourth-order valence-corrected chi connectivity index (χ4v) is 1.74. The highest BCUT2D eigenvalue weighted by Gasteiger charge is 2.04. The first-order chi connectivity index (χ1) is 5.47. The molecule has 0 spiro atoms. The van der Waals surface area contributed by atoms with Crippen LogP contribution in [0.1, 0.15) is 10.0 Å². The molecule has 1 aromatic heterocycles. The summed E-state index contributed by atoms with van der Waals surface area (Å²) in [5, 5.41) is 9.02. The molecular weight excluding hydrogens is 198 g/mol. The summed E-state index contributed by atoms with van der Waals surface area (Å²) in [6.45, 7) is 2.05. The van der Waals surface area contributed by atoms with Crippen molar-refractivity contribution in [3.8, 4) is 0 Å². The predicted octanol–water partition coefficient (Wildman–Crippen LogP) is -0.104. The summed E-state index contributed by atoms with van der Waals surface area (Å²) in [6, 6.07) is 0. The van der Waals surface area contributed by atoms with Crippen LogP contribution < -0.4 is 4.72 Å². The van der Waals surface area contributed by atoms with Gasteiger partial charge in [-0.1, -0.05) is 0 Å². The van der Waals surface area contributed by atoms with Crippen molar-refractivity contribution in [1.82, 2.24) is 14.9 Å². The Morgan fingerprint density at radius 3 is 2.58 bits per heavy atom. The van der Waals surface area contributed by atoms with E-state index in [9.17, 15) is 8.42 Å². The van der Waals surface area contributed by atoms with Gasteiger partial charge in [-0.15, -0.1) is 21.5 Å². The number of hydrogen-bond donors (Lipinski definition) is 1. The molecule has 0 fully saturated rings. The molecule has 0 aliphatic rings. The molecule has 0 radical (unpaired) electrons. The van der Waals surface area contributed by atoms with Gasteiger partial charge in [-0.25, -0.2) is 13.1 Å². The summed E-state index contributed by atoms with van der Waals surface area (Å²) in [5.41, 5.74) is 0. The van der Waals surface area contributed by atoms with Crippen LogP contribution in [0, 0.1) is 6.92 Å². The highest BCUT2D eigenvalue weighted by molar-refractivity contribution is 7.88. The minimum Gasteiger partial charge on any atom is -0.213 e. The van der Waals surface area contributed by atoms with E-state index in [4.69, 9.17) is 0 Å². The molecular formula is C5H9N3O2S2. The summed E-state index contributed by atoms with van der Waals surface area (Å²) in [4.78, 5) is 0. The van der Waals surface area contributed by atoms with Gasteiger partial charge in [0.25, 0.3) is 0 Å². The van der Waals surface area contributed by atoms with Crippen LogP contribution in [-0.4, -0.2) is 24.9 Å². The zero-order chi connectivity index (χ0) is 9.19. The fourth-order valence-electron chi connectivity index (χ4n) is 0.602. The van der Waals surface area contributed by atoms with E-state index in [1.54, 1.807) is 0 Å². The molecule has 7 heteroatoms. The Morgan fingerprint density at radius 1 is 1.50 bits per heavy atom. The van der Waals surface area contributed by atoms with Gasteiger partial charge in [-0.05, 0) is 6.92 Å². The average Bonchev–Trinajstić information content (AvgIpc) is 2.30. The molecule has 0 saturated heterocycles. The van der Waals surface area contributed by atoms with Crippen molar-refractivity contribution in [1.29, 1.82) is 0 Å². The largest absolute Gasteiger partial charge is 0.213 e. The maximum atomic E-state index is 10.7. The lowest BCUT2D eigenvalue weighted by atomic mass is 10.7. The Hall–Kier alpha value is -0.530. The third kappa shape index (κ3) is 3.24. The first kappa shape index (κ1) is 9.56. The molecule has 0 unspecified atom stereocenters. The molecule has 1 heterocycles. The molecule has 0 amide bonds. The van der Waals surface area contributed by atoms with Crippen LogP contribution in [0.15, 0.2) is 0 Å². The minimum absolute atomic E-state index is 0.227. The second-order valence-corrected chi connectivity index (χ2v) is 5.41. The van der Waals surface area contributed by atoms with Crippen LogP contribution in [0.4, 0.5) is 0 Å². The van der Waals surface area contributed by atoms with Crippen molar-refractivity contribution in [3.63, 3.8) is 0 Å². The molecule has 68 valence electrons. The summed E-state index contributed by atoms with van der Waals surface area (Å²) in [5.74, 6) is 0. The summed E-state index contributed by atoms with van der Waals surface area (Å²) in [6.07, 6.45) is 1.11. The fraction of sp³-hybridized carbons (Fsp3) is 0.600. The van der Waals surface area contributed by atoms with E-state index < -0.39 is 10.0 Å². The molecule has 0 aromatic carbocycles. The number of rotatable bonds is 3. The van der Waals surface area contributed by atoms with Gasteiger partial charge in [0.1, 0.15) is 10.0 Å². The molecule has 0 aliphatic carbocycles. The van der Waals surface area contributed by atoms with E-state index >= 15 is 0 Å². The summed E-state index contributed by atoms with van der Waals surface area (Å²) in [7, 11) is -3.12. The van der Waals surface area contributed by atoms with E-state index in [0.717, 1.165) is 11.3 Å². The van der Waals surface area contributed by atoms with Crippen molar-refractivity contribution in [2.45, 2.75) is 13.5 Å². The third-order valence-electron chi connectivity index (χ3n) is 1.05. The minimum atomic E-state index is -3.12. The molecule has 0 saturated carbocycles. The quantitative estimate of drug-likeness (QED) is 0.751. The van der Waals surface area contributed by atoms with Crippen molar-refractivity contribution >= 4 is 21.4 Å². The molecule has 0 atom stereocenters. The number of nitrogens with one attached hydrogen (secondary N) is 1. The van der Waals surface area contributed by atoms with Gasteiger partial charge in [0, 0.05) is 0 Å². The topological polar surface area (TPSA) is 72.0 Å². The Morgan fingerprint density at radius 2 is 2.17 bits per heavy atom. The number of hydrogen-bond acceptors (Lipinski definition) is 5. The van der Waals surface area contributed by atoms with Crippen LogP contribution in [0.5, 0.6) is 0 Å². The second kappa shape index (κ2) is 3.46. The number of nitrogens with zero attached hydrogens (tertiary/aromatic N) is 2. The number of sulfonamides is 1. The Bertz CT molecular complexity index is 357. The van der Waals surface area contributed by atoms with E-state index in [2.05, 4.69) is 14.9 Å². The second-order valence-electron chi connectivity index (χ2n) is 2.31. The van der Waals surface area contributed by atoms with Crippen molar-refractivity contribution in [2.75, 3.05) is 6.26 Å². The highest BCUT2D eigenvalue weighted by atomic mass is 32.2. The molecule has 12 heavy (non-hydrogen) atoms. The van der Waals surface area contributed by atoms with Crippen molar-refractivity contribution < 1.29 is 8.42 Å². The molecule has 0 aliphatic heterocycles. The smallest absolute Gasteiger partial charge is 0.209 e.